The van der Waals surface area contributed by atoms with Crippen LogP contribution in [-0.4, -0.2) is 55.2 Å². The molecule has 0 heterocycles. The molecular weight excluding hydrogens is 260 g/mol. The second-order valence-electron chi connectivity index (χ2n) is 6.82. The van der Waals surface area contributed by atoms with Crippen LogP contribution in [0.2, 0.25) is 0 Å². The van der Waals surface area contributed by atoms with Crippen molar-refractivity contribution in [2.75, 3.05) is 40.3 Å². The van der Waals surface area contributed by atoms with Crippen molar-refractivity contribution in [1.82, 2.24) is 9.80 Å². The lowest BCUT2D eigenvalue weighted by Crippen LogP contribution is -2.37. The van der Waals surface area contributed by atoms with Gasteiger partial charge in [-0.25, -0.2) is 0 Å². The van der Waals surface area contributed by atoms with Crippen molar-refractivity contribution in [3.63, 3.8) is 0 Å². The van der Waals surface area contributed by atoms with Gasteiger partial charge < -0.3 is 10.0 Å². The predicted octanol–water partition coefficient (Wildman–Crippen LogP) is 2.86. The number of rotatable bonds is 8. The fourth-order valence-corrected chi connectivity index (χ4v) is 2.44. The highest BCUT2D eigenvalue weighted by Crippen LogP contribution is 2.18. The van der Waals surface area contributed by atoms with Crippen LogP contribution in [0.4, 0.5) is 0 Å². The van der Waals surface area contributed by atoms with Crippen molar-refractivity contribution >= 4 is 0 Å². The zero-order valence-electron chi connectivity index (χ0n) is 14.6. The lowest BCUT2D eigenvalue weighted by Gasteiger charge is -2.28. The summed E-state index contributed by atoms with van der Waals surface area (Å²) in [6.07, 6.45) is -0.412. The molecule has 0 radical (unpaired) electrons. The van der Waals surface area contributed by atoms with E-state index in [1.165, 1.54) is 11.1 Å². The van der Waals surface area contributed by atoms with Crippen molar-refractivity contribution in [3.05, 3.63) is 34.9 Å². The molecule has 0 bridgehead atoms. The molecule has 0 aromatic heterocycles. The summed E-state index contributed by atoms with van der Waals surface area (Å²) >= 11 is 0. The first-order chi connectivity index (χ1) is 9.79. The van der Waals surface area contributed by atoms with Crippen LogP contribution in [0.3, 0.4) is 0 Å². The van der Waals surface area contributed by atoms with Crippen LogP contribution in [-0.2, 0) is 0 Å². The molecule has 0 spiro atoms. The lowest BCUT2D eigenvalue weighted by atomic mass is 10.0. The van der Waals surface area contributed by atoms with Gasteiger partial charge in [0.05, 0.1) is 6.10 Å². The van der Waals surface area contributed by atoms with Crippen LogP contribution in [0, 0.1) is 19.8 Å². The van der Waals surface area contributed by atoms with Crippen LogP contribution in [0.15, 0.2) is 18.2 Å². The highest BCUT2D eigenvalue weighted by Gasteiger charge is 2.15. The minimum Gasteiger partial charge on any atom is -0.387 e. The molecule has 1 aromatic carbocycles. The van der Waals surface area contributed by atoms with E-state index in [1.807, 2.05) is 6.07 Å². The number of hydrogen-bond donors (Lipinski definition) is 1. The molecule has 3 heteroatoms. The number of benzene rings is 1. The molecule has 120 valence electrons. The summed E-state index contributed by atoms with van der Waals surface area (Å²) in [7, 11) is 4.18. The van der Waals surface area contributed by atoms with Crippen molar-refractivity contribution in [3.8, 4) is 0 Å². The molecule has 0 aliphatic carbocycles. The van der Waals surface area contributed by atoms with Crippen LogP contribution < -0.4 is 0 Å². The largest absolute Gasteiger partial charge is 0.387 e. The molecule has 0 aliphatic heterocycles. The highest BCUT2D eigenvalue weighted by molar-refractivity contribution is 5.31. The summed E-state index contributed by atoms with van der Waals surface area (Å²) in [5, 5.41) is 10.5. The number of nitrogens with zero attached hydrogens (tertiary/aromatic N) is 2. The molecule has 1 atom stereocenters. The molecular formula is C18H32N2O. The molecule has 0 amide bonds. The molecule has 0 fully saturated rings. The first-order valence-electron chi connectivity index (χ1n) is 7.92. The second kappa shape index (κ2) is 8.52. The Morgan fingerprint density at radius 1 is 1.00 bits per heavy atom. The Labute approximate surface area is 130 Å². The number of aryl methyl sites for hydroxylation is 2. The van der Waals surface area contributed by atoms with E-state index in [9.17, 15) is 5.11 Å². The SMILES string of the molecule is Cc1ccc(C(O)CN(CCN(C)C)CC(C)C)cc1C. The van der Waals surface area contributed by atoms with Gasteiger partial charge >= 0.3 is 0 Å². The average molecular weight is 292 g/mol. The van der Waals surface area contributed by atoms with E-state index >= 15 is 0 Å². The molecule has 3 nitrogen and oxygen atoms in total. The summed E-state index contributed by atoms with van der Waals surface area (Å²) in [6.45, 7) is 12.4. The maximum absolute atomic E-state index is 10.5. The minimum atomic E-state index is -0.412. The van der Waals surface area contributed by atoms with Gasteiger partial charge in [-0.15, -0.1) is 0 Å². The summed E-state index contributed by atoms with van der Waals surface area (Å²) in [6, 6.07) is 6.26. The third-order valence-corrected chi connectivity index (χ3v) is 3.83. The van der Waals surface area contributed by atoms with E-state index in [2.05, 4.69) is 63.7 Å². The van der Waals surface area contributed by atoms with Crippen molar-refractivity contribution in [1.29, 1.82) is 0 Å². The Balaban J connectivity index is 2.69. The summed E-state index contributed by atoms with van der Waals surface area (Å²) < 4.78 is 0. The standard InChI is InChI=1S/C18H32N2O/c1-14(2)12-20(10-9-19(5)6)13-18(21)17-8-7-15(3)16(4)11-17/h7-8,11,14,18,21H,9-10,12-13H2,1-6H3. The second-order valence-corrected chi connectivity index (χ2v) is 6.82. The summed E-state index contributed by atoms with van der Waals surface area (Å²) in [5.74, 6) is 0.610. The lowest BCUT2D eigenvalue weighted by molar-refractivity contribution is 0.101. The molecule has 1 rings (SSSR count). The van der Waals surface area contributed by atoms with Crippen LogP contribution in [0.1, 0.15) is 36.6 Å². The van der Waals surface area contributed by atoms with E-state index in [-0.39, 0.29) is 0 Å². The Hall–Kier alpha value is -0.900. The van der Waals surface area contributed by atoms with Gasteiger partial charge in [-0.1, -0.05) is 32.0 Å². The Bertz CT molecular complexity index is 429. The Kier molecular flexibility index (Phi) is 7.36. The maximum Gasteiger partial charge on any atom is 0.0917 e. The molecule has 0 saturated carbocycles. The summed E-state index contributed by atoms with van der Waals surface area (Å²) in [5.41, 5.74) is 3.55. The first-order valence-corrected chi connectivity index (χ1v) is 7.92. The Morgan fingerprint density at radius 2 is 1.67 bits per heavy atom. The van der Waals surface area contributed by atoms with Crippen molar-refractivity contribution in [2.45, 2.75) is 33.8 Å². The minimum absolute atomic E-state index is 0.412. The number of likely N-dealkylation sites (N-methyl/N-ethyl adjacent to an activating group) is 1. The zero-order chi connectivity index (χ0) is 16.0. The predicted molar refractivity (Wildman–Crippen MR) is 90.7 cm³/mol. The maximum atomic E-state index is 10.5. The van der Waals surface area contributed by atoms with Crippen LogP contribution in [0.5, 0.6) is 0 Å². The molecule has 21 heavy (non-hydrogen) atoms. The molecule has 1 aromatic rings. The topological polar surface area (TPSA) is 26.7 Å². The number of hydrogen-bond acceptors (Lipinski definition) is 3. The van der Waals surface area contributed by atoms with Gasteiger partial charge in [0.1, 0.15) is 0 Å². The molecule has 0 aliphatic rings. The van der Waals surface area contributed by atoms with Gasteiger partial charge in [0.15, 0.2) is 0 Å². The summed E-state index contributed by atoms with van der Waals surface area (Å²) in [4.78, 5) is 4.56. The van der Waals surface area contributed by atoms with E-state index < -0.39 is 6.10 Å². The highest BCUT2D eigenvalue weighted by atomic mass is 16.3. The van der Waals surface area contributed by atoms with Gasteiger partial charge in [0.2, 0.25) is 0 Å². The van der Waals surface area contributed by atoms with E-state index in [4.69, 9.17) is 0 Å². The van der Waals surface area contributed by atoms with Gasteiger partial charge in [0.25, 0.3) is 0 Å². The molecule has 1 N–H and O–H groups in total. The van der Waals surface area contributed by atoms with Gasteiger partial charge in [-0.2, -0.15) is 0 Å². The first kappa shape index (κ1) is 18.1. The smallest absolute Gasteiger partial charge is 0.0917 e. The van der Waals surface area contributed by atoms with E-state index in [1.54, 1.807) is 0 Å². The fraction of sp³-hybridized carbons (Fsp3) is 0.667. The van der Waals surface area contributed by atoms with Crippen LogP contribution in [0.25, 0.3) is 0 Å². The van der Waals surface area contributed by atoms with E-state index in [0.717, 1.165) is 25.2 Å². The molecule has 0 saturated heterocycles. The monoisotopic (exact) mass is 292 g/mol. The van der Waals surface area contributed by atoms with E-state index in [0.29, 0.717) is 12.5 Å². The number of aliphatic hydroxyl groups excluding tert-OH is 1. The fourth-order valence-electron chi connectivity index (χ4n) is 2.44. The average Bonchev–Trinajstić information content (AvgIpc) is 2.38. The van der Waals surface area contributed by atoms with Gasteiger partial charge in [-0.3, -0.25) is 4.90 Å². The van der Waals surface area contributed by atoms with Gasteiger partial charge in [0, 0.05) is 26.2 Å². The molecule has 1 unspecified atom stereocenters. The third-order valence-electron chi connectivity index (χ3n) is 3.83. The van der Waals surface area contributed by atoms with Gasteiger partial charge in [-0.05, 0) is 50.6 Å². The normalized spacial score (nSPS) is 13.4. The van der Waals surface area contributed by atoms with Crippen molar-refractivity contribution in [2.24, 2.45) is 5.92 Å². The van der Waals surface area contributed by atoms with Crippen molar-refractivity contribution < 1.29 is 5.11 Å². The zero-order valence-corrected chi connectivity index (χ0v) is 14.6. The third kappa shape index (κ3) is 6.60. The Morgan fingerprint density at radius 3 is 2.19 bits per heavy atom. The quantitative estimate of drug-likeness (QED) is 0.798. The van der Waals surface area contributed by atoms with Crippen LogP contribution >= 0.6 is 0 Å². The number of aliphatic hydroxyl groups is 1.